The van der Waals surface area contributed by atoms with Crippen molar-refractivity contribution in [3.05, 3.63) is 101 Å². The lowest BCUT2D eigenvalue weighted by atomic mass is 9.83. The zero-order valence-electron chi connectivity index (χ0n) is 48.1. The minimum Gasteiger partial charge on any atom is -0.372 e. The molecular weight excluding hydrogens is 1000 g/mol. The predicted molar refractivity (Wildman–Crippen MR) is 304 cm³/mol. The Kier molecular flexibility index (Phi) is 19.7. The maximum Gasteiger partial charge on any atom is 0.269 e. The van der Waals surface area contributed by atoms with Gasteiger partial charge in [0.15, 0.2) is 0 Å². The molecule has 2 saturated heterocycles. The third-order valence-corrected chi connectivity index (χ3v) is 16.4. The number of amides is 7. The normalized spacial score (nSPS) is 22.7. The molecule has 0 radical (unpaired) electrons. The Balaban J connectivity index is 1.06. The van der Waals surface area contributed by atoms with Crippen molar-refractivity contribution in [3.8, 4) is 0 Å². The summed E-state index contributed by atoms with van der Waals surface area (Å²) < 4.78 is 0. The molecule has 4 aliphatic rings. The second-order valence-corrected chi connectivity index (χ2v) is 24.2. The molecule has 1 aromatic heterocycles. The van der Waals surface area contributed by atoms with Gasteiger partial charge < -0.3 is 52.3 Å². The van der Waals surface area contributed by atoms with Crippen molar-refractivity contribution < 1.29 is 33.6 Å². The zero-order chi connectivity index (χ0) is 57.3. The van der Waals surface area contributed by atoms with Crippen LogP contribution >= 0.6 is 0 Å². The van der Waals surface area contributed by atoms with Crippen LogP contribution in [0.3, 0.4) is 0 Å². The Bertz CT molecular complexity index is 2760. The summed E-state index contributed by atoms with van der Waals surface area (Å²) in [5.74, 6) is -2.33. The second-order valence-electron chi connectivity index (χ2n) is 24.2. The minimum atomic E-state index is -0.947. The summed E-state index contributed by atoms with van der Waals surface area (Å²) in [6, 6.07) is 12.1. The minimum absolute atomic E-state index is 0.113. The van der Waals surface area contributed by atoms with Crippen LogP contribution in [-0.4, -0.2) is 143 Å². The zero-order valence-corrected chi connectivity index (χ0v) is 48.1. The summed E-state index contributed by atoms with van der Waals surface area (Å²) in [4.78, 5) is 102. The van der Waals surface area contributed by atoms with Gasteiger partial charge in [0.05, 0.1) is 18.1 Å². The fourth-order valence-corrected chi connectivity index (χ4v) is 11.5. The highest BCUT2D eigenvalue weighted by molar-refractivity contribution is 5.96. The van der Waals surface area contributed by atoms with Gasteiger partial charge in [0.25, 0.3) is 5.91 Å². The quantitative estimate of drug-likeness (QED) is 0.0814. The number of carbonyl (C=O) groups excluding carboxylic acids is 7. The molecule has 2 aliphatic heterocycles. The molecule has 7 rings (SSSR count). The molecule has 79 heavy (non-hydrogen) atoms. The average Bonchev–Trinajstić information content (AvgIpc) is 4.08. The molecule has 428 valence electrons. The van der Waals surface area contributed by atoms with Gasteiger partial charge in [-0.2, -0.15) is 5.10 Å². The number of aromatic nitrogens is 2. The number of hydrogen-bond acceptors (Lipinski definition) is 11. The topological polar surface area (TPSA) is 251 Å². The Morgan fingerprint density at radius 2 is 1.28 bits per heavy atom. The van der Waals surface area contributed by atoms with Gasteiger partial charge in [0, 0.05) is 37.6 Å². The molecule has 1 unspecified atom stereocenters. The van der Waals surface area contributed by atoms with E-state index in [0.717, 1.165) is 44.1 Å². The van der Waals surface area contributed by atoms with Gasteiger partial charge in [-0.15, -0.1) is 5.73 Å². The molecule has 19 heteroatoms. The van der Waals surface area contributed by atoms with E-state index >= 15 is 0 Å². The lowest BCUT2D eigenvalue weighted by Crippen LogP contribution is -2.60. The average molecular weight is 1090 g/mol. The summed E-state index contributed by atoms with van der Waals surface area (Å²) in [6.45, 7) is 19.3. The Labute approximate surface area is 466 Å². The van der Waals surface area contributed by atoms with Crippen molar-refractivity contribution >= 4 is 47.0 Å². The first kappa shape index (κ1) is 59.8. The third-order valence-electron chi connectivity index (χ3n) is 16.4. The Morgan fingerprint density at radius 3 is 1.89 bits per heavy atom. The molecule has 0 spiro atoms. The number of likely N-dealkylation sites (N-methyl/N-ethyl adjacent to an activating group) is 2. The maximum absolute atomic E-state index is 14.8. The monoisotopic (exact) mass is 1090 g/mol. The van der Waals surface area contributed by atoms with Crippen molar-refractivity contribution in [2.75, 3.05) is 33.7 Å². The van der Waals surface area contributed by atoms with Gasteiger partial charge in [0.1, 0.15) is 41.3 Å². The molecule has 2 fully saturated rings. The number of aromatic amines is 1. The molecule has 7 amide bonds. The predicted octanol–water partition coefficient (Wildman–Crippen LogP) is 4.28. The van der Waals surface area contributed by atoms with Crippen molar-refractivity contribution in [2.45, 2.75) is 180 Å². The van der Waals surface area contributed by atoms with Crippen LogP contribution in [0.4, 0.5) is 0 Å². The molecule has 3 aromatic rings. The fraction of sp³-hybridized carbons (Fsp3) is 0.583. The first-order valence-corrected chi connectivity index (χ1v) is 28.4. The lowest BCUT2D eigenvalue weighted by molar-refractivity contribution is -0.146. The largest absolute Gasteiger partial charge is 0.372 e. The fourth-order valence-electron chi connectivity index (χ4n) is 11.5. The van der Waals surface area contributed by atoms with E-state index in [2.05, 4.69) is 83.2 Å². The summed E-state index contributed by atoms with van der Waals surface area (Å²) in [5, 5.41) is 32.1. The van der Waals surface area contributed by atoms with Gasteiger partial charge in [-0.25, -0.2) is 0 Å². The third kappa shape index (κ3) is 14.5. The summed E-state index contributed by atoms with van der Waals surface area (Å²) in [5.41, 5.74) is 7.09. The molecule has 19 nitrogen and oxygen atoms in total. The molecule has 9 N–H and O–H groups in total. The highest BCUT2D eigenvalue weighted by Gasteiger charge is 2.46. The maximum atomic E-state index is 14.8. The Morgan fingerprint density at radius 1 is 0.696 bits per heavy atom. The molecule has 3 heterocycles. The molecule has 0 bridgehead atoms. The Hall–Kier alpha value is -6.82. The number of H-pyrrole nitrogens is 1. The summed E-state index contributed by atoms with van der Waals surface area (Å²) >= 11 is 0. The van der Waals surface area contributed by atoms with Gasteiger partial charge in [-0.3, -0.25) is 38.7 Å². The van der Waals surface area contributed by atoms with E-state index in [1.807, 2.05) is 71.9 Å². The van der Waals surface area contributed by atoms with E-state index in [0.29, 0.717) is 30.8 Å². The van der Waals surface area contributed by atoms with Gasteiger partial charge in [-0.05, 0) is 131 Å². The number of nitrogens with one attached hydrogen (secondary N) is 9. The number of carbonyl (C=O) groups is 7. The van der Waals surface area contributed by atoms with Gasteiger partial charge in [-0.1, -0.05) is 96.7 Å². The van der Waals surface area contributed by atoms with Crippen molar-refractivity contribution in [1.82, 2.24) is 62.5 Å². The van der Waals surface area contributed by atoms with Gasteiger partial charge >= 0.3 is 0 Å². The standard InChI is InChI=1S/C60H86N12O7/c1-12-44(64-41-31-49(55(76)63-33-39-23-17-21-37-19-13-15-24-42(37)39)72(34-41)58(79)51(60(7,8)9)68-53(74)36(3)62-11)46-32-47(70-69-46)54(75)65-40-27-28-48(56(77)66-45-26-18-22-38-20-14-16-25-43(38)45)71(30-29-40)57(78)50(59(4,5)6)67-52(73)35(2)61-10/h13-16,19-20,24-25,32,35-36,39-41,45,48-51,61-62,64H,1,17-18,21-23,26-31,33-34H2,2-11H3,(H,63,76)(H,65,75)(H,66,77)(H,67,73)(H,68,74)(H,69,70)/t35-,36-,39-,40?,41-,45+,48-,49-,50+,51+/m0/s1. The van der Waals surface area contributed by atoms with Crippen LogP contribution in [0.15, 0.2) is 66.9 Å². The van der Waals surface area contributed by atoms with E-state index in [-0.39, 0.29) is 79.0 Å². The van der Waals surface area contributed by atoms with E-state index in [9.17, 15) is 33.6 Å². The molecule has 0 saturated carbocycles. The molecular formula is C60H86N12O7. The SMILES string of the molecule is C=C=C(N[C@H]1C[C@@H](C(=O)NC[C@@H]2CCCc3ccccc32)N(C(=O)[C@@H](NC(=O)[C@H](C)NC)C(C)(C)C)C1)c1cc(C(=O)NC2CC[C@@H](C(=O)N[C@@H]3CCCc4ccccc43)N(C(=O)[C@@H](NC(=O)[C@H](C)NC)C(C)(C)C)CC2)[nH]n1. The highest BCUT2D eigenvalue weighted by Crippen LogP contribution is 2.34. The van der Waals surface area contributed by atoms with E-state index < -0.39 is 65.1 Å². The van der Waals surface area contributed by atoms with Crippen molar-refractivity contribution in [2.24, 2.45) is 10.8 Å². The number of fused-ring (bicyclic) bond motifs is 2. The van der Waals surface area contributed by atoms with E-state index in [1.165, 1.54) is 16.7 Å². The highest BCUT2D eigenvalue weighted by atomic mass is 16.2. The molecule has 10 atom stereocenters. The summed E-state index contributed by atoms with van der Waals surface area (Å²) in [7, 11) is 3.35. The first-order chi connectivity index (χ1) is 37.5. The number of likely N-dealkylation sites (tertiary alicyclic amines) is 2. The van der Waals surface area contributed by atoms with Gasteiger partial charge in [0.2, 0.25) is 35.4 Å². The van der Waals surface area contributed by atoms with Crippen LogP contribution in [0.5, 0.6) is 0 Å². The van der Waals surface area contributed by atoms with E-state index in [4.69, 9.17) is 0 Å². The number of benzene rings is 2. The first-order valence-electron chi connectivity index (χ1n) is 28.4. The van der Waals surface area contributed by atoms with Crippen molar-refractivity contribution in [1.29, 1.82) is 0 Å². The van der Waals surface area contributed by atoms with Crippen LogP contribution in [-0.2, 0) is 41.6 Å². The van der Waals surface area contributed by atoms with E-state index in [1.54, 1.807) is 43.8 Å². The van der Waals surface area contributed by atoms with Crippen LogP contribution in [0.2, 0.25) is 0 Å². The van der Waals surface area contributed by atoms with Crippen LogP contribution in [0.1, 0.15) is 157 Å². The van der Waals surface area contributed by atoms with Crippen molar-refractivity contribution in [3.63, 3.8) is 0 Å². The molecule has 2 aliphatic carbocycles. The summed E-state index contributed by atoms with van der Waals surface area (Å²) in [6.07, 6.45) is 6.73. The number of nitrogens with zero attached hydrogens (tertiary/aromatic N) is 3. The lowest BCUT2D eigenvalue weighted by Gasteiger charge is -2.38. The number of hydrogen-bond donors (Lipinski definition) is 9. The van der Waals surface area contributed by atoms with Crippen LogP contribution in [0, 0.1) is 10.8 Å². The number of rotatable bonds is 18. The second kappa shape index (κ2) is 26.0. The molecule has 2 aromatic carbocycles. The number of aryl methyl sites for hydroxylation is 2. The van der Waals surface area contributed by atoms with Crippen LogP contribution < -0.4 is 42.5 Å². The smallest absolute Gasteiger partial charge is 0.269 e. The van der Waals surface area contributed by atoms with Crippen LogP contribution in [0.25, 0.3) is 5.70 Å².